The minimum absolute atomic E-state index is 0.324. The molecular weight excluding hydrogens is 320 g/mol. The maximum atomic E-state index is 12.0. The molecule has 5 rings (SSSR count). The third-order valence-electron chi connectivity index (χ3n) is 6.57. The summed E-state index contributed by atoms with van der Waals surface area (Å²) in [5.41, 5.74) is 8.54. The number of benzene rings is 2. The number of aryl methyl sites for hydroxylation is 1. The van der Waals surface area contributed by atoms with E-state index in [0.29, 0.717) is 18.4 Å². The lowest BCUT2D eigenvalue weighted by molar-refractivity contribution is -0.106. The predicted octanol–water partition coefficient (Wildman–Crippen LogP) is 3.31. The third kappa shape index (κ3) is 3.44. The quantitative estimate of drug-likeness (QED) is 0.840. The lowest BCUT2D eigenvalue weighted by Gasteiger charge is -2.51. The number of hydrogen-bond donors (Lipinski definition) is 2. The van der Waals surface area contributed by atoms with Gasteiger partial charge in [-0.2, -0.15) is 0 Å². The van der Waals surface area contributed by atoms with Crippen molar-refractivity contribution in [1.29, 1.82) is 0 Å². The number of fused-ring (bicyclic) bond motifs is 3. The Morgan fingerprint density at radius 3 is 2.38 bits per heavy atom. The van der Waals surface area contributed by atoms with E-state index in [4.69, 9.17) is 5.73 Å². The van der Waals surface area contributed by atoms with Gasteiger partial charge in [-0.05, 0) is 61.4 Å². The molecule has 0 amide bonds. The van der Waals surface area contributed by atoms with Crippen molar-refractivity contribution in [2.45, 2.75) is 37.8 Å². The second-order valence-corrected chi connectivity index (χ2v) is 8.06. The first kappa shape index (κ1) is 17.7. The molecule has 2 atom stereocenters. The lowest BCUT2D eigenvalue weighted by Crippen LogP contribution is -2.55. The summed E-state index contributed by atoms with van der Waals surface area (Å²) in [5.74, 6) is 0.964. The van der Waals surface area contributed by atoms with Gasteiger partial charge in [0.1, 0.15) is 0 Å². The second kappa shape index (κ2) is 7.51. The van der Waals surface area contributed by atoms with E-state index in [1.54, 1.807) is 0 Å². The summed E-state index contributed by atoms with van der Waals surface area (Å²) in [7, 11) is 0. The molecule has 3 N–H and O–H groups in total. The number of rotatable bonds is 6. The highest BCUT2D eigenvalue weighted by atomic mass is 16.3. The number of hydrogen-bond acceptors (Lipinski definition) is 3. The number of nitrogens with two attached hydrogens (primary N) is 1. The molecule has 3 heterocycles. The molecule has 0 aliphatic carbocycles. The summed E-state index contributed by atoms with van der Waals surface area (Å²) in [6.45, 7) is 3.99. The van der Waals surface area contributed by atoms with Crippen LogP contribution in [0.2, 0.25) is 0 Å². The van der Waals surface area contributed by atoms with E-state index in [2.05, 4.69) is 53.4 Å². The van der Waals surface area contributed by atoms with E-state index in [-0.39, 0.29) is 0 Å². The van der Waals surface area contributed by atoms with Gasteiger partial charge in [-0.1, -0.05) is 54.6 Å². The maximum Gasteiger partial charge on any atom is 0.0942 e. The van der Waals surface area contributed by atoms with Gasteiger partial charge < -0.3 is 15.7 Å². The molecule has 3 heteroatoms. The molecule has 2 aromatic rings. The molecule has 2 bridgehead atoms. The van der Waals surface area contributed by atoms with E-state index in [1.807, 2.05) is 6.07 Å². The molecule has 3 saturated heterocycles. The Balaban J connectivity index is 1.60. The summed E-state index contributed by atoms with van der Waals surface area (Å²) < 4.78 is 0. The zero-order chi connectivity index (χ0) is 18.0. The van der Waals surface area contributed by atoms with Crippen LogP contribution in [0.1, 0.15) is 36.0 Å². The van der Waals surface area contributed by atoms with E-state index < -0.39 is 5.60 Å². The normalized spacial score (nSPS) is 27.2. The van der Waals surface area contributed by atoms with Crippen molar-refractivity contribution in [3.8, 4) is 0 Å². The molecular formula is C23H30N2O. The molecule has 0 radical (unpaired) electrons. The molecule has 3 aliphatic rings. The van der Waals surface area contributed by atoms with Gasteiger partial charge in [0.2, 0.25) is 0 Å². The van der Waals surface area contributed by atoms with Gasteiger partial charge in [0.05, 0.1) is 5.60 Å². The maximum absolute atomic E-state index is 12.0. The van der Waals surface area contributed by atoms with Crippen LogP contribution in [0.15, 0.2) is 54.6 Å². The Hall–Kier alpha value is -1.68. The standard InChI is InChI=1S/C23H30N2O/c24-16-19-6-4-5-18(15-19)9-12-23(26,21-7-2-1-3-8-21)22-17-25-13-10-20(22)11-14-25/h1-8,15,20,22,26H,9-14,16-17,24H2. The Morgan fingerprint density at radius 2 is 1.73 bits per heavy atom. The minimum Gasteiger partial charge on any atom is -0.385 e. The average molecular weight is 351 g/mol. The molecule has 0 aromatic heterocycles. The summed E-state index contributed by atoms with van der Waals surface area (Å²) >= 11 is 0. The van der Waals surface area contributed by atoms with Crippen LogP contribution in [-0.2, 0) is 18.6 Å². The first-order valence-corrected chi connectivity index (χ1v) is 9.97. The SMILES string of the molecule is NCc1cccc(CCC(O)(c2ccccc2)C2CN3CCC2CC3)c1. The number of nitrogens with zero attached hydrogens (tertiary/aromatic N) is 1. The summed E-state index contributed by atoms with van der Waals surface area (Å²) in [5, 5.41) is 12.0. The van der Waals surface area contributed by atoms with E-state index in [9.17, 15) is 5.11 Å². The van der Waals surface area contributed by atoms with Crippen molar-refractivity contribution in [1.82, 2.24) is 4.90 Å². The Bertz CT molecular complexity index is 724. The molecule has 0 spiro atoms. The predicted molar refractivity (Wildman–Crippen MR) is 106 cm³/mol. The summed E-state index contributed by atoms with van der Waals surface area (Å²) in [6.07, 6.45) is 4.09. The first-order chi connectivity index (χ1) is 12.7. The van der Waals surface area contributed by atoms with Crippen LogP contribution in [0.3, 0.4) is 0 Å². The van der Waals surface area contributed by atoms with E-state index >= 15 is 0 Å². The largest absolute Gasteiger partial charge is 0.385 e. The molecule has 2 unspecified atom stereocenters. The van der Waals surface area contributed by atoms with Gasteiger partial charge in [0.25, 0.3) is 0 Å². The number of aliphatic hydroxyl groups is 1. The zero-order valence-corrected chi connectivity index (χ0v) is 15.5. The highest BCUT2D eigenvalue weighted by Gasteiger charge is 2.47. The Kier molecular flexibility index (Phi) is 5.12. The topological polar surface area (TPSA) is 49.5 Å². The van der Waals surface area contributed by atoms with Crippen molar-refractivity contribution in [2.24, 2.45) is 17.6 Å². The molecule has 138 valence electrons. The number of piperidine rings is 3. The van der Waals surface area contributed by atoms with Crippen LogP contribution in [-0.4, -0.2) is 29.6 Å². The van der Waals surface area contributed by atoms with Gasteiger partial charge in [0.15, 0.2) is 0 Å². The minimum atomic E-state index is -0.760. The Morgan fingerprint density at radius 1 is 1.00 bits per heavy atom. The van der Waals surface area contributed by atoms with Crippen LogP contribution in [0.25, 0.3) is 0 Å². The van der Waals surface area contributed by atoms with Crippen LogP contribution < -0.4 is 5.73 Å². The van der Waals surface area contributed by atoms with E-state index in [1.165, 1.54) is 31.5 Å². The molecule has 3 fully saturated rings. The third-order valence-corrected chi connectivity index (χ3v) is 6.57. The fraction of sp³-hybridized carbons (Fsp3) is 0.478. The van der Waals surface area contributed by atoms with Crippen LogP contribution in [0, 0.1) is 11.8 Å². The zero-order valence-electron chi connectivity index (χ0n) is 15.5. The molecule has 2 aromatic carbocycles. The monoisotopic (exact) mass is 350 g/mol. The first-order valence-electron chi connectivity index (χ1n) is 9.97. The summed E-state index contributed by atoms with van der Waals surface area (Å²) in [4.78, 5) is 2.54. The van der Waals surface area contributed by atoms with Crippen molar-refractivity contribution in [2.75, 3.05) is 19.6 Å². The van der Waals surface area contributed by atoms with Gasteiger partial charge in [0, 0.05) is 19.0 Å². The van der Waals surface area contributed by atoms with Gasteiger partial charge in [-0.15, -0.1) is 0 Å². The highest BCUT2D eigenvalue weighted by molar-refractivity contribution is 5.27. The van der Waals surface area contributed by atoms with Crippen molar-refractivity contribution in [3.63, 3.8) is 0 Å². The van der Waals surface area contributed by atoms with Gasteiger partial charge in [-0.3, -0.25) is 0 Å². The van der Waals surface area contributed by atoms with Gasteiger partial charge in [-0.25, -0.2) is 0 Å². The average Bonchev–Trinajstić information content (AvgIpc) is 2.73. The molecule has 26 heavy (non-hydrogen) atoms. The van der Waals surface area contributed by atoms with Gasteiger partial charge >= 0.3 is 0 Å². The van der Waals surface area contributed by atoms with Crippen molar-refractivity contribution >= 4 is 0 Å². The molecule has 3 aliphatic heterocycles. The fourth-order valence-corrected chi connectivity index (χ4v) is 5.02. The smallest absolute Gasteiger partial charge is 0.0942 e. The fourth-order valence-electron chi connectivity index (χ4n) is 5.02. The Labute approximate surface area is 156 Å². The van der Waals surface area contributed by atoms with Crippen LogP contribution in [0.4, 0.5) is 0 Å². The summed E-state index contributed by atoms with van der Waals surface area (Å²) in [6, 6.07) is 18.8. The van der Waals surface area contributed by atoms with E-state index in [0.717, 1.165) is 30.5 Å². The van der Waals surface area contributed by atoms with Crippen molar-refractivity contribution in [3.05, 3.63) is 71.3 Å². The van der Waals surface area contributed by atoms with Crippen LogP contribution >= 0.6 is 0 Å². The molecule has 0 saturated carbocycles. The van der Waals surface area contributed by atoms with Crippen LogP contribution in [0.5, 0.6) is 0 Å². The second-order valence-electron chi connectivity index (χ2n) is 8.06. The highest BCUT2D eigenvalue weighted by Crippen LogP contribution is 2.45. The van der Waals surface area contributed by atoms with Crippen molar-refractivity contribution < 1.29 is 5.11 Å². The molecule has 3 nitrogen and oxygen atoms in total. The lowest BCUT2D eigenvalue weighted by atomic mass is 9.66.